The Balaban J connectivity index is 1.43. The van der Waals surface area contributed by atoms with Crippen LogP contribution in [0.15, 0.2) is 41.2 Å². The monoisotopic (exact) mass is 498 g/mol. The highest BCUT2D eigenvalue weighted by molar-refractivity contribution is 7.08. The number of carboxylic acid groups (broad SMARTS) is 1. The van der Waals surface area contributed by atoms with E-state index in [-0.39, 0.29) is 0 Å². The van der Waals surface area contributed by atoms with E-state index in [1.54, 1.807) is 30.6 Å². The molecule has 1 unspecified atom stereocenters. The maximum Gasteiger partial charge on any atom is 0.309 e. The number of rotatable bonds is 7. The summed E-state index contributed by atoms with van der Waals surface area (Å²) >= 11 is 8.04. The summed E-state index contributed by atoms with van der Waals surface area (Å²) in [5.74, 6) is 6.16. The molecule has 1 saturated heterocycles. The summed E-state index contributed by atoms with van der Waals surface area (Å²) in [6.45, 7) is 1.95. The van der Waals surface area contributed by atoms with Gasteiger partial charge in [-0.15, -0.1) is 0 Å². The first-order valence-electron chi connectivity index (χ1n) is 11.2. The summed E-state index contributed by atoms with van der Waals surface area (Å²) in [6.07, 6.45) is 2.32. The highest BCUT2D eigenvalue weighted by atomic mass is 35.5. The third-order valence-electron chi connectivity index (χ3n) is 6.62. The zero-order valence-electron chi connectivity index (χ0n) is 19.0. The first-order chi connectivity index (χ1) is 16.4. The molecule has 178 valence electrons. The Morgan fingerprint density at radius 3 is 2.82 bits per heavy atom. The lowest BCUT2D eigenvalue weighted by molar-refractivity contribution is -0.153. The number of aliphatic hydroxyl groups excluding tert-OH is 1. The van der Waals surface area contributed by atoms with Gasteiger partial charge in [-0.05, 0) is 55.3 Å². The van der Waals surface area contributed by atoms with Crippen LogP contribution in [0.1, 0.15) is 42.9 Å². The summed E-state index contributed by atoms with van der Waals surface area (Å²) in [5, 5.41) is 26.2. The molecule has 8 heteroatoms. The molecule has 0 amide bonds. The molecule has 34 heavy (non-hydrogen) atoms. The molecule has 0 radical (unpaired) electrons. The summed E-state index contributed by atoms with van der Waals surface area (Å²) in [7, 11) is 1.58. The summed E-state index contributed by atoms with van der Waals surface area (Å²) in [4.78, 5) is 18.8. The molecule has 0 spiro atoms. The van der Waals surface area contributed by atoms with E-state index >= 15 is 0 Å². The fourth-order valence-electron chi connectivity index (χ4n) is 4.49. The zero-order valence-corrected chi connectivity index (χ0v) is 20.5. The maximum atomic E-state index is 12.3. The topological polar surface area (TPSA) is 82.9 Å². The smallest absolute Gasteiger partial charge is 0.309 e. The number of hydrogen-bond acceptors (Lipinski definition) is 6. The Bertz CT molecular complexity index is 1210. The molecule has 0 aliphatic carbocycles. The van der Waals surface area contributed by atoms with Gasteiger partial charge in [0.15, 0.2) is 0 Å². The second-order valence-corrected chi connectivity index (χ2v) is 9.82. The van der Waals surface area contributed by atoms with Crippen molar-refractivity contribution in [3.63, 3.8) is 0 Å². The van der Waals surface area contributed by atoms with Crippen LogP contribution in [0.5, 0.6) is 5.75 Å². The quantitative estimate of drug-likeness (QED) is 0.446. The van der Waals surface area contributed by atoms with E-state index in [0.29, 0.717) is 72.6 Å². The number of methoxy groups -OCH3 is 1. The number of carboxylic acids is 1. The molecule has 2 aromatic heterocycles. The van der Waals surface area contributed by atoms with Crippen molar-refractivity contribution in [3.05, 3.63) is 57.4 Å². The molecule has 1 atom stereocenters. The van der Waals surface area contributed by atoms with Gasteiger partial charge in [-0.25, -0.2) is 0 Å². The Kier molecular flexibility index (Phi) is 7.74. The Labute approximate surface area is 208 Å². The number of likely N-dealkylation sites (tertiary alicyclic amines) is 1. The van der Waals surface area contributed by atoms with Gasteiger partial charge in [-0.1, -0.05) is 23.4 Å². The minimum Gasteiger partial charge on any atom is -0.497 e. The second-order valence-electron chi connectivity index (χ2n) is 8.63. The van der Waals surface area contributed by atoms with Crippen molar-refractivity contribution in [2.75, 3.05) is 26.7 Å². The van der Waals surface area contributed by atoms with E-state index in [2.05, 4.69) is 21.7 Å². The van der Waals surface area contributed by atoms with Gasteiger partial charge >= 0.3 is 5.97 Å². The van der Waals surface area contributed by atoms with Gasteiger partial charge in [-0.3, -0.25) is 14.7 Å². The van der Waals surface area contributed by atoms with Gasteiger partial charge in [0.25, 0.3) is 0 Å². The van der Waals surface area contributed by atoms with Gasteiger partial charge in [0, 0.05) is 41.2 Å². The lowest BCUT2D eigenvalue weighted by Gasteiger charge is -2.38. The lowest BCUT2D eigenvalue weighted by Crippen LogP contribution is -2.44. The third-order valence-corrected chi connectivity index (χ3v) is 7.61. The highest BCUT2D eigenvalue weighted by Gasteiger charge is 2.41. The fourth-order valence-corrected chi connectivity index (χ4v) is 5.35. The summed E-state index contributed by atoms with van der Waals surface area (Å²) in [6, 6.07) is 7.41. The van der Waals surface area contributed by atoms with E-state index in [1.165, 1.54) is 6.20 Å². The van der Waals surface area contributed by atoms with E-state index in [0.717, 1.165) is 5.56 Å². The van der Waals surface area contributed by atoms with Crippen molar-refractivity contribution in [1.29, 1.82) is 0 Å². The number of thiophene rings is 1. The van der Waals surface area contributed by atoms with Crippen molar-refractivity contribution >= 4 is 39.8 Å². The number of benzene rings is 1. The molecule has 2 N–H and O–H groups in total. The molecule has 3 aromatic rings. The predicted octanol–water partition coefficient (Wildman–Crippen LogP) is 4.99. The van der Waals surface area contributed by atoms with Crippen LogP contribution in [0.25, 0.3) is 10.9 Å². The largest absolute Gasteiger partial charge is 0.497 e. The average molecular weight is 499 g/mol. The Morgan fingerprint density at radius 2 is 2.15 bits per heavy atom. The van der Waals surface area contributed by atoms with Crippen molar-refractivity contribution in [3.8, 4) is 17.6 Å². The van der Waals surface area contributed by atoms with Crippen LogP contribution < -0.4 is 4.74 Å². The number of halogens is 1. The number of pyridine rings is 1. The molecule has 0 saturated carbocycles. The van der Waals surface area contributed by atoms with E-state index < -0.39 is 17.5 Å². The van der Waals surface area contributed by atoms with Gasteiger partial charge in [0.1, 0.15) is 5.75 Å². The summed E-state index contributed by atoms with van der Waals surface area (Å²) < 4.78 is 5.31. The minimum atomic E-state index is -0.907. The number of aliphatic carboxylic acids is 1. The van der Waals surface area contributed by atoms with Gasteiger partial charge in [0.05, 0.1) is 35.7 Å². The minimum absolute atomic E-state index is 0.292. The van der Waals surface area contributed by atoms with Crippen LogP contribution in [-0.4, -0.2) is 52.8 Å². The van der Waals surface area contributed by atoms with E-state index in [1.807, 2.05) is 22.9 Å². The van der Waals surface area contributed by atoms with Crippen LogP contribution in [0.3, 0.4) is 0 Å². The number of piperidine rings is 1. The first kappa shape index (κ1) is 24.5. The SMILES string of the molecule is COc1ccc2ncc(Cl)c(C(O)CCC3(C(=O)O)CCN(CC#Cc4ccsc4)CC3)c2c1. The number of aliphatic hydroxyl groups is 1. The second kappa shape index (κ2) is 10.7. The number of nitrogens with zero attached hydrogens (tertiary/aromatic N) is 2. The van der Waals surface area contributed by atoms with Crippen LogP contribution in [-0.2, 0) is 4.79 Å². The Hall–Kier alpha value is -2.63. The maximum absolute atomic E-state index is 12.3. The van der Waals surface area contributed by atoms with Crippen molar-refractivity contribution in [2.45, 2.75) is 31.8 Å². The number of carbonyl (C=O) groups is 1. The van der Waals surface area contributed by atoms with E-state index in [9.17, 15) is 15.0 Å². The number of hydrogen-bond donors (Lipinski definition) is 2. The number of aromatic nitrogens is 1. The molecule has 1 fully saturated rings. The molecule has 0 bridgehead atoms. The first-order valence-corrected chi connectivity index (χ1v) is 12.5. The molecular weight excluding hydrogens is 472 g/mol. The molecule has 6 nitrogen and oxygen atoms in total. The van der Waals surface area contributed by atoms with Crippen LogP contribution in [0, 0.1) is 17.3 Å². The van der Waals surface area contributed by atoms with Crippen LogP contribution >= 0.6 is 22.9 Å². The third kappa shape index (κ3) is 5.37. The van der Waals surface area contributed by atoms with Gasteiger partial charge in [0.2, 0.25) is 0 Å². The standard InChI is InChI=1S/C26H27ClN2O4S/c1-33-19-4-5-22-20(15-19)24(21(27)16-28-22)23(30)6-8-26(25(31)32)9-12-29(13-10-26)11-2-3-18-7-14-34-17-18/h4-5,7,14-17,23,30H,6,8-13H2,1H3,(H,31,32). The number of fused-ring (bicyclic) bond motifs is 1. The van der Waals surface area contributed by atoms with Crippen molar-refractivity contribution in [1.82, 2.24) is 9.88 Å². The van der Waals surface area contributed by atoms with E-state index in [4.69, 9.17) is 16.3 Å². The van der Waals surface area contributed by atoms with Gasteiger partial charge in [-0.2, -0.15) is 11.3 Å². The van der Waals surface area contributed by atoms with Crippen molar-refractivity contribution < 1.29 is 19.7 Å². The normalized spacial score (nSPS) is 16.6. The number of ether oxygens (including phenoxy) is 1. The molecule has 4 rings (SSSR count). The fraction of sp³-hybridized carbons (Fsp3) is 0.385. The molecule has 1 aromatic carbocycles. The summed E-state index contributed by atoms with van der Waals surface area (Å²) in [5.41, 5.74) is 1.40. The lowest BCUT2D eigenvalue weighted by atomic mass is 9.74. The molecule has 1 aliphatic rings. The van der Waals surface area contributed by atoms with Crippen molar-refractivity contribution in [2.24, 2.45) is 5.41 Å². The van der Waals surface area contributed by atoms with Gasteiger partial charge < -0.3 is 14.9 Å². The average Bonchev–Trinajstić information content (AvgIpc) is 3.36. The molecule has 3 heterocycles. The van der Waals surface area contributed by atoms with Crippen LogP contribution in [0.2, 0.25) is 5.02 Å². The predicted molar refractivity (Wildman–Crippen MR) is 134 cm³/mol. The van der Waals surface area contributed by atoms with Crippen LogP contribution in [0.4, 0.5) is 0 Å². The zero-order chi connectivity index (χ0) is 24.1. The Morgan fingerprint density at radius 1 is 1.35 bits per heavy atom. The molecular formula is C26H27ClN2O4S. The molecule has 1 aliphatic heterocycles. The highest BCUT2D eigenvalue weighted by Crippen LogP contribution is 2.41.